The highest BCUT2D eigenvalue weighted by atomic mass is 35.5. The molecule has 1 heterocycles. The number of alkyl halides is 3. The Balaban J connectivity index is 2.25. The van der Waals surface area contributed by atoms with Crippen molar-refractivity contribution in [2.75, 3.05) is 0 Å². The molecule has 3 nitrogen and oxygen atoms in total. The number of carboxylic acids is 1. The zero-order chi connectivity index (χ0) is 12.8. The summed E-state index contributed by atoms with van der Waals surface area (Å²) in [4.78, 5) is 14.3. The largest absolute Gasteiger partial charge is 0.481 e. The standard InChI is InChI=1S/C10H7ClF3NO2/c11-7-1-4(10(12,13)14)3-15-8(7)5-2-6(5)9(16)17/h1,3,5-6H,2H2,(H,16,17). The van der Waals surface area contributed by atoms with E-state index in [2.05, 4.69) is 4.98 Å². The smallest absolute Gasteiger partial charge is 0.417 e. The van der Waals surface area contributed by atoms with Crippen molar-refractivity contribution in [2.24, 2.45) is 5.92 Å². The molecule has 1 aliphatic rings. The molecule has 1 saturated carbocycles. The van der Waals surface area contributed by atoms with Gasteiger partial charge in [-0.25, -0.2) is 0 Å². The van der Waals surface area contributed by atoms with Gasteiger partial charge >= 0.3 is 12.1 Å². The van der Waals surface area contributed by atoms with Crippen molar-refractivity contribution in [3.63, 3.8) is 0 Å². The Hall–Kier alpha value is -1.30. The fourth-order valence-corrected chi connectivity index (χ4v) is 1.95. The second kappa shape index (κ2) is 3.87. The highest BCUT2D eigenvalue weighted by molar-refractivity contribution is 6.31. The van der Waals surface area contributed by atoms with Gasteiger partial charge in [0.1, 0.15) is 0 Å². The van der Waals surface area contributed by atoms with Crippen molar-refractivity contribution in [3.05, 3.63) is 28.5 Å². The highest BCUT2D eigenvalue weighted by Gasteiger charge is 2.46. The van der Waals surface area contributed by atoms with E-state index in [9.17, 15) is 18.0 Å². The molecule has 2 unspecified atom stereocenters. The van der Waals surface area contributed by atoms with Gasteiger partial charge in [-0.1, -0.05) is 11.6 Å². The minimum atomic E-state index is -4.50. The van der Waals surface area contributed by atoms with E-state index in [1.54, 1.807) is 0 Å². The number of pyridine rings is 1. The minimum absolute atomic E-state index is 0.131. The molecule has 0 bridgehead atoms. The predicted molar refractivity (Wildman–Crippen MR) is 52.7 cm³/mol. The van der Waals surface area contributed by atoms with E-state index >= 15 is 0 Å². The van der Waals surface area contributed by atoms with Gasteiger partial charge in [0, 0.05) is 12.1 Å². The van der Waals surface area contributed by atoms with Gasteiger partial charge in [-0.3, -0.25) is 9.78 Å². The number of halogens is 4. The Labute approximate surface area is 99.2 Å². The minimum Gasteiger partial charge on any atom is -0.481 e. The van der Waals surface area contributed by atoms with E-state index in [1.807, 2.05) is 0 Å². The van der Waals surface area contributed by atoms with Crippen LogP contribution in [0.4, 0.5) is 13.2 Å². The quantitative estimate of drug-likeness (QED) is 0.894. The lowest BCUT2D eigenvalue weighted by Crippen LogP contribution is -2.07. The lowest BCUT2D eigenvalue weighted by atomic mass is 10.2. The van der Waals surface area contributed by atoms with Crippen LogP contribution in [0, 0.1) is 5.92 Å². The Morgan fingerprint density at radius 3 is 2.59 bits per heavy atom. The molecule has 0 spiro atoms. The summed E-state index contributed by atoms with van der Waals surface area (Å²) in [5.41, 5.74) is -0.703. The summed E-state index contributed by atoms with van der Waals surface area (Å²) in [6.07, 6.45) is -3.45. The first-order valence-corrected chi connectivity index (χ1v) is 5.14. The number of rotatable bonds is 2. The first-order chi connectivity index (χ1) is 7.80. The summed E-state index contributed by atoms with van der Waals surface area (Å²) in [5, 5.41) is 8.58. The number of carbonyl (C=O) groups is 1. The predicted octanol–water partition coefficient (Wildman–Crippen LogP) is 2.94. The van der Waals surface area contributed by atoms with Crippen molar-refractivity contribution in [3.8, 4) is 0 Å². The Morgan fingerprint density at radius 2 is 2.18 bits per heavy atom. The normalized spacial score (nSPS) is 23.5. The summed E-state index contributed by atoms with van der Waals surface area (Å²) in [7, 11) is 0. The lowest BCUT2D eigenvalue weighted by Gasteiger charge is -2.08. The molecule has 7 heteroatoms. The van der Waals surface area contributed by atoms with Gasteiger partial charge < -0.3 is 5.11 Å². The number of carboxylic acid groups (broad SMARTS) is 1. The van der Waals surface area contributed by atoms with Crippen LogP contribution in [-0.4, -0.2) is 16.1 Å². The van der Waals surface area contributed by atoms with Crippen LogP contribution in [0.1, 0.15) is 23.6 Å². The first-order valence-electron chi connectivity index (χ1n) is 4.76. The van der Waals surface area contributed by atoms with Crippen LogP contribution in [-0.2, 0) is 11.0 Å². The molecule has 0 aliphatic heterocycles. The molecule has 0 amide bonds. The average Bonchev–Trinajstić information content (AvgIpc) is 2.95. The maximum Gasteiger partial charge on any atom is 0.417 e. The van der Waals surface area contributed by atoms with Crippen molar-refractivity contribution in [1.82, 2.24) is 4.98 Å². The third kappa shape index (κ3) is 2.36. The molecule has 1 N–H and O–H groups in total. The van der Waals surface area contributed by atoms with Gasteiger partial charge in [-0.2, -0.15) is 13.2 Å². The van der Waals surface area contributed by atoms with Gasteiger partial charge in [0.25, 0.3) is 0 Å². The molecule has 1 aromatic rings. The van der Waals surface area contributed by atoms with Gasteiger partial charge in [0.15, 0.2) is 0 Å². The SMILES string of the molecule is O=C(O)C1CC1c1ncc(C(F)(F)F)cc1Cl. The van der Waals surface area contributed by atoms with Crippen LogP contribution in [0.3, 0.4) is 0 Å². The Kier molecular flexibility index (Phi) is 2.77. The molecule has 0 radical (unpaired) electrons. The van der Waals surface area contributed by atoms with Gasteiger partial charge in [-0.05, 0) is 12.5 Å². The Bertz CT molecular complexity index is 475. The number of aromatic nitrogens is 1. The van der Waals surface area contributed by atoms with Crippen LogP contribution in [0.25, 0.3) is 0 Å². The van der Waals surface area contributed by atoms with Crippen LogP contribution < -0.4 is 0 Å². The van der Waals surface area contributed by atoms with Crippen LogP contribution >= 0.6 is 11.6 Å². The zero-order valence-electron chi connectivity index (χ0n) is 8.33. The molecule has 1 fully saturated rings. The molecule has 2 atom stereocenters. The molecule has 0 aromatic carbocycles. The van der Waals surface area contributed by atoms with Gasteiger partial charge in [-0.15, -0.1) is 0 Å². The van der Waals surface area contributed by atoms with Crippen LogP contribution in [0.15, 0.2) is 12.3 Å². The zero-order valence-corrected chi connectivity index (χ0v) is 9.09. The maximum absolute atomic E-state index is 12.3. The number of hydrogen-bond acceptors (Lipinski definition) is 2. The lowest BCUT2D eigenvalue weighted by molar-refractivity contribution is -0.139. The second-order valence-corrected chi connectivity index (χ2v) is 4.28. The van der Waals surface area contributed by atoms with E-state index in [4.69, 9.17) is 16.7 Å². The summed E-state index contributed by atoms with van der Waals surface area (Å²) in [6, 6.07) is 0.779. The van der Waals surface area contributed by atoms with Crippen molar-refractivity contribution >= 4 is 17.6 Å². The molecule has 1 aliphatic carbocycles. The molecule has 92 valence electrons. The molecular formula is C10H7ClF3NO2. The highest BCUT2D eigenvalue weighted by Crippen LogP contribution is 2.49. The summed E-state index contributed by atoms with van der Waals surface area (Å²) in [5.74, 6) is -1.94. The molecule has 1 aromatic heterocycles. The molecule has 2 rings (SSSR count). The van der Waals surface area contributed by atoms with E-state index in [0.717, 1.165) is 6.07 Å². The van der Waals surface area contributed by atoms with Crippen molar-refractivity contribution in [1.29, 1.82) is 0 Å². The third-order valence-electron chi connectivity index (χ3n) is 2.66. The molecule has 0 saturated heterocycles. The van der Waals surface area contributed by atoms with Gasteiger partial charge in [0.2, 0.25) is 0 Å². The summed E-state index contributed by atoms with van der Waals surface area (Å²) < 4.78 is 37.0. The van der Waals surface area contributed by atoms with Crippen LogP contribution in [0.5, 0.6) is 0 Å². The monoisotopic (exact) mass is 265 g/mol. The van der Waals surface area contributed by atoms with E-state index in [-0.39, 0.29) is 16.6 Å². The topological polar surface area (TPSA) is 50.2 Å². The van der Waals surface area contributed by atoms with Crippen molar-refractivity contribution in [2.45, 2.75) is 18.5 Å². The number of nitrogens with zero attached hydrogens (tertiary/aromatic N) is 1. The molecular weight excluding hydrogens is 259 g/mol. The third-order valence-corrected chi connectivity index (χ3v) is 2.96. The maximum atomic E-state index is 12.3. The average molecular weight is 266 g/mol. The fraction of sp³-hybridized carbons (Fsp3) is 0.400. The van der Waals surface area contributed by atoms with E-state index in [1.165, 1.54) is 0 Å². The van der Waals surface area contributed by atoms with E-state index < -0.39 is 23.6 Å². The fourth-order valence-electron chi connectivity index (χ4n) is 1.65. The number of aliphatic carboxylic acids is 1. The summed E-state index contributed by atoms with van der Waals surface area (Å²) >= 11 is 5.68. The molecule has 17 heavy (non-hydrogen) atoms. The number of hydrogen-bond donors (Lipinski definition) is 1. The van der Waals surface area contributed by atoms with E-state index in [0.29, 0.717) is 12.6 Å². The summed E-state index contributed by atoms with van der Waals surface area (Å²) in [6.45, 7) is 0. The first kappa shape index (κ1) is 12.2. The van der Waals surface area contributed by atoms with Gasteiger partial charge in [0.05, 0.1) is 22.2 Å². The second-order valence-electron chi connectivity index (χ2n) is 3.88. The van der Waals surface area contributed by atoms with Crippen LogP contribution in [0.2, 0.25) is 5.02 Å². The Morgan fingerprint density at radius 1 is 1.53 bits per heavy atom. The van der Waals surface area contributed by atoms with Crippen molar-refractivity contribution < 1.29 is 23.1 Å².